The van der Waals surface area contributed by atoms with Crippen molar-refractivity contribution in [2.45, 2.75) is 27.2 Å². The summed E-state index contributed by atoms with van der Waals surface area (Å²) >= 11 is 0. The van der Waals surface area contributed by atoms with E-state index in [4.69, 9.17) is 4.42 Å². The minimum atomic E-state index is -0.688. The van der Waals surface area contributed by atoms with Crippen molar-refractivity contribution in [1.29, 1.82) is 0 Å². The van der Waals surface area contributed by atoms with Gasteiger partial charge in [0.1, 0.15) is 11.1 Å². The number of carbonyl (C=O) groups is 2. The number of carbonyl (C=O) groups excluding carboxylic acids is 2. The van der Waals surface area contributed by atoms with Gasteiger partial charge in [0.25, 0.3) is 5.91 Å². The summed E-state index contributed by atoms with van der Waals surface area (Å²) in [4.78, 5) is 39.4. The van der Waals surface area contributed by atoms with E-state index in [1.54, 1.807) is 35.2 Å². The summed E-state index contributed by atoms with van der Waals surface area (Å²) in [5.41, 5.74) is 1.57. The zero-order chi connectivity index (χ0) is 20.8. The Morgan fingerprint density at radius 2 is 1.83 bits per heavy atom. The van der Waals surface area contributed by atoms with Crippen molar-refractivity contribution in [2.24, 2.45) is 5.41 Å². The molecular formula is C23H22N2O4. The number of nitrogens with zero attached hydrogens (tertiary/aromatic N) is 1. The molecule has 3 aromatic rings. The van der Waals surface area contributed by atoms with Gasteiger partial charge in [0.2, 0.25) is 5.91 Å². The normalized spacial score (nSPS) is 13.4. The van der Waals surface area contributed by atoms with Crippen molar-refractivity contribution in [3.63, 3.8) is 0 Å². The smallest absolute Gasteiger partial charge is 0.349 e. The van der Waals surface area contributed by atoms with Gasteiger partial charge in [0.15, 0.2) is 0 Å². The van der Waals surface area contributed by atoms with Crippen molar-refractivity contribution >= 4 is 34.2 Å². The quantitative estimate of drug-likeness (QED) is 0.671. The molecule has 1 aliphatic rings. The highest BCUT2D eigenvalue weighted by Crippen LogP contribution is 2.34. The minimum absolute atomic E-state index is 0.0369. The summed E-state index contributed by atoms with van der Waals surface area (Å²) in [7, 11) is 0. The van der Waals surface area contributed by atoms with Crippen LogP contribution in [0.2, 0.25) is 0 Å². The van der Waals surface area contributed by atoms with Gasteiger partial charge >= 0.3 is 5.63 Å². The SMILES string of the molecule is CC(C)(C)C(=O)N1CCc2ccc(NC(=O)c3cc4ccccc4oc3=O)cc21. The Kier molecular flexibility index (Phi) is 4.49. The molecule has 0 saturated heterocycles. The monoisotopic (exact) mass is 390 g/mol. The maximum Gasteiger partial charge on any atom is 0.349 e. The van der Waals surface area contributed by atoms with Gasteiger partial charge < -0.3 is 14.6 Å². The molecule has 1 aromatic heterocycles. The number of amides is 2. The molecule has 0 fully saturated rings. The molecule has 0 spiro atoms. The Bertz CT molecular complexity index is 1190. The number of para-hydroxylation sites is 1. The molecule has 0 bridgehead atoms. The Labute approximate surface area is 168 Å². The second-order valence-corrected chi connectivity index (χ2v) is 8.24. The number of nitrogens with one attached hydrogen (secondary N) is 1. The van der Waals surface area contributed by atoms with E-state index < -0.39 is 16.9 Å². The first kappa shape index (κ1) is 18.9. The highest BCUT2D eigenvalue weighted by Gasteiger charge is 2.32. The molecule has 29 heavy (non-hydrogen) atoms. The van der Waals surface area contributed by atoms with Gasteiger partial charge in [-0.1, -0.05) is 45.0 Å². The van der Waals surface area contributed by atoms with Crippen LogP contribution in [0.4, 0.5) is 11.4 Å². The van der Waals surface area contributed by atoms with Crippen molar-refractivity contribution in [3.8, 4) is 0 Å². The molecule has 0 saturated carbocycles. The maximum atomic E-state index is 12.7. The van der Waals surface area contributed by atoms with Crippen LogP contribution in [0, 0.1) is 5.41 Å². The van der Waals surface area contributed by atoms with Gasteiger partial charge in [-0.15, -0.1) is 0 Å². The van der Waals surface area contributed by atoms with Gasteiger partial charge in [0.05, 0.1) is 0 Å². The fraction of sp³-hybridized carbons (Fsp3) is 0.261. The molecule has 1 aliphatic heterocycles. The first-order chi connectivity index (χ1) is 13.7. The second-order valence-electron chi connectivity index (χ2n) is 8.24. The van der Waals surface area contributed by atoms with Crippen LogP contribution in [0.1, 0.15) is 36.7 Å². The lowest BCUT2D eigenvalue weighted by Gasteiger charge is -2.26. The Morgan fingerprint density at radius 3 is 2.59 bits per heavy atom. The number of fused-ring (bicyclic) bond motifs is 2. The van der Waals surface area contributed by atoms with Crippen molar-refractivity contribution < 1.29 is 14.0 Å². The summed E-state index contributed by atoms with van der Waals surface area (Å²) in [5, 5.41) is 3.43. The summed E-state index contributed by atoms with van der Waals surface area (Å²) < 4.78 is 5.24. The van der Waals surface area contributed by atoms with Crippen LogP contribution in [0.15, 0.2) is 57.7 Å². The Morgan fingerprint density at radius 1 is 1.07 bits per heavy atom. The number of rotatable bonds is 2. The van der Waals surface area contributed by atoms with Crippen LogP contribution in [0.3, 0.4) is 0 Å². The third kappa shape index (κ3) is 3.53. The Hall–Kier alpha value is -3.41. The van der Waals surface area contributed by atoms with Crippen LogP contribution in [0.5, 0.6) is 0 Å². The molecule has 2 amide bonds. The van der Waals surface area contributed by atoms with E-state index in [0.29, 0.717) is 23.2 Å². The van der Waals surface area contributed by atoms with Crippen LogP contribution in [0.25, 0.3) is 11.0 Å². The standard InChI is InChI=1S/C23H22N2O4/c1-23(2,3)22(28)25-11-10-14-8-9-16(13-18(14)25)24-20(26)17-12-15-6-4-5-7-19(15)29-21(17)27/h4-9,12-13H,10-11H2,1-3H3,(H,24,26). The fourth-order valence-corrected chi connectivity index (χ4v) is 3.49. The van der Waals surface area contributed by atoms with E-state index in [1.165, 1.54) is 6.07 Å². The molecule has 0 unspecified atom stereocenters. The lowest BCUT2D eigenvalue weighted by Crippen LogP contribution is -2.38. The van der Waals surface area contributed by atoms with Crippen molar-refractivity contribution in [3.05, 3.63) is 70.1 Å². The largest absolute Gasteiger partial charge is 0.422 e. The van der Waals surface area contributed by atoms with Gasteiger partial charge in [-0.25, -0.2) is 4.79 Å². The fourth-order valence-electron chi connectivity index (χ4n) is 3.49. The van der Waals surface area contributed by atoms with E-state index in [0.717, 1.165) is 17.7 Å². The molecular weight excluding hydrogens is 368 g/mol. The topological polar surface area (TPSA) is 79.6 Å². The molecule has 6 heteroatoms. The first-order valence-corrected chi connectivity index (χ1v) is 9.53. The van der Waals surface area contributed by atoms with Crippen LogP contribution < -0.4 is 15.8 Å². The van der Waals surface area contributed by atoms with E-state index in [1.807, 2.05) is 32.9 Å². The van der Waals surface area contributed by atoms with Crippen molar-refractivity contribution in [2.75, 3.05) is 16.8 Å². The predicted octanol–water partition coefficient (Wildman–Crippen LogP) is 3.98. The summed E-state index contributed by atoms with van der Waals surface area (Å²) in [6.45, 7) is 6.28. The molecule has 2 heterocycles. The highest BCUT2D eigenvalue weighted by atomic mass is 16.4. The van der Waals surface area contributed by atoms with E-state index >= 15 is 0 Å². The number of benzene rings is 2. The first-order valence-electron chi connectivity index (χ1n) is 9.53. The van der Waals surface area contributed by atoms with Gasteiger partial charge in [-0.2, -0.15) is 0 Å². The average molecular weight is 390 g/mol. The molecule has 148 valence electrons. The average Bonchev–Trinajstić information content (AvgIpc) is 3.09. The van der Waals surface area contributed by atoms with Gasteiger partial charge in [-0.05, 0) is 36.2 Å². The Balaban J connectivity index is 1.63. The third-order valence-electron chi connectivity index (χ3n) is 5.01. The lowest BCUT2D eigenvalue weighted by atomic mass is 9.94. The number of hydrogen-bond acceptors (Lipinski definition) is 4. The molecule has 2 aromatic carbocycles. The lowest BCUT2D eigenvalue weighted by molar-refractivity contribution is -0.125. The predicted molar refractivity (Wildman–Crippen MR) is 112 cm³/mol. The summed E-state index contributed by atoms with van der Waals surface area (Å²) in [6, 6.07) is 14.0. The van der Waals surface area contributed by atoms with E-state index in [2.05, 4.69) is 5.32 Å². The molecule has 0 radical (unpaired) electrons. The number of anilines is 2. The zero-order valence-electron chi connectivity index (χ0n) is 16.6. The third-order valence-corrected chi connectivity index (χ3v) is 5.01. The molecule has 6 nitrogen and oxygen atoms in total. The molecule has 1 N–H and O–H groups in total. The van der Waals surface area contributed by atoms with E-state index in [-0.39, 0.29) is 11.5 Å². The van der Waals surface area contributed by atoms with Crippen LogP contribution in [-0.2, 0) is 11.2 Å². The van der Waals surface area contributed by atoms with Crippen LogP contribution >= 0.6 is 0 Å². The molecule has 0 aliphatic carbocycles. The minimum Gasteiger partial charge on any atom is -0.422 e. The second kappa shape index (κ2) is 6.88. The molecule has 4 rings (SSSR count). The highest BCUT2D eigenvalue weighted by molar-refractivity contribution is 6.06. The zero-order valence-corrected chi connectivity index (χ0v) is 16.6. The van der Waals surface area contributed by atoms with E-state index in [9.17, 15) is 14.4 Å². The van der Waals surface area contributed by atoms with Crippen molar-refractivity contribution in [1.82, 2.24) is 0 Å². The molecule has 0 atom stereocenters. The summed E-state index contributed by atoms with van der Waals surface area (Å²) in [6.07, 6.45) is 0.777. The number of hydrogen-bond donors (Lipinski definition) is 1. The maximum absolute atomic E-state index is 12.7. The van der Waals surface area contributed by atoms with Gasteiger partial charge in [0, 0.05) is 28.7 Å². The summed E-state index contributed by atoms with van der Waals surface area (Å²) in [5.74, 6) is -0.508. The van der Waals surface area contributed by atoms with Gasteiger partial charge in [-0.3, -0.25) is 9.59 Å². The van der Waals surface area contributed by atoms with Crippen LogP contribution in [-0.4, -0.2) is 18.4 Å².